The molecule has 2 aromatic heterocycles. The number of amides is 2. The Labute approximate surface area is 214 Å². The van der Waals surface area contributed by atoms with Crippen molar-refractivity contribution in [3.05, 3.63) is 66.0 Å². The minimum absolute atomic E-state index is 0.120. The van der Waals surface area contributed by atoms with Gasteiger partial charge in [0, 0.05) is 71.6 Å². The van der Waals surface area contributed by atoms with Crippen LogP contribution in [-0.2, 0) is 22.7 Å². The molecule has 4 aromatic rings. The van der Waals surface area contributed by atoms with Gasteiger partial charge in [0.2, 0.25) is 0 Å². The first-order valence-electron chi connectivity index (χ1n) is 12.6. The van der Waals surface area contributed by atoms with Crippen LogP contribution in [0.25, 0.3) is 33.0 Å². The summed E-state index contributed by atoms with van der Waals surface area (Å²) < 4.78 is 9.62. The number of aliphatic hydroxyl groups excluding tert-OH is 2. The first-order chi connectivity index (χ1) is 18.1. The van der Waals surface area contributed by atoms with E-state index in [0.717, 1.165) is 34.6 Å². The monoisotopic (exact) mass is 501 g/mol. The minimum atomic E-state index is -0.422. The summed E-state index contributed by atoms with van der Waals surface area (Å²) in [5, 5.41) is 22.7. The molecule has 0 radical (unpaired) electrons. The number of nitrogens with zero attached hydrogens (tertiary/aromatic N) is 2. The molecular formula is C29H31N3O5. The van der Waals surface area contributed by atoms with E-state index in [-0.39, 0.29) is 13.2 Å². The predicted octanol–water partition coefficient (Wildman–Crippen LogP) is 3.72. The Bertz CT molecular complexity index is 1510. The molecule has 0 atom stereocenters. The number of carbonyl (C=O) groups excluding carboxylic acids is 2. The summed E-state index contributed by atoms with van der Waals surface area (Å²) in [6.07, 6.45) is 6.81. The van der Waals surface area contributed by atoms with E-state index in [4.69, 9.17) is 4.74 Å². The maximum absolute atomic E-state index is 13.3. The number of hydrogen-bond acceptors (Lipinski definition) is 5. The zero-order valence-corrected chi connectivity index (χ0v) is 20.9. The predicted molar refractivity (Wildman–Crippen MR) is 143 cm³/mol. The standard InChI is InChI=1S/C29H31N3O5/c1-37-19-10-11-25-21(16-19)23(18-32(25)13-5-7-15-34)27-26(28(35)30-29(27)36)22-17-31(12-4-6-14-33)24-9-3-2-8-20(22)24/h2-3,8-11,16-18,33-34H,4-7,12-15H2,1H3,(H,30,35,36). The van der Waals surface area contributed by atoms with Gasteiger partial charge in [0.25, 0.3) is 11.8 Å². The molecule has 0 unspecified atom stereocenters. The fourth-order valence-electron chi connectivity index (χ4n) is 5.18. The number of ether oxygens (including phenoxy) is 1. The van der Waals surface area contributed by atoms with Crippen molar-refractivity contribution in [2.45, 2.75) is 38.8 Å². The number of benzene rings is 2. The number of rotatable bonds is 11. The number of aromatic nitrogens is 2. The van der Waals surface area contributed by atoms with Gasteiger partial charge in [0.15, 0.2) is 0 Å². The third-order valence-electron chi connectivity index (χ3n) is 6.96. The van der Waals surface area contributed by atoms with Gasteiger partial charge in [-0.25, -0.2) is 0 Å². The van der Waals surface area contributed by atoms with Crippen LogP contribution in [0.3, 0.4) is 0 Å². The molecule has 0 aliphatic carbocycles. The highest BCUT2D eigenvalue weighted by Crippen LogP contribution is 2.40. The molecule has 8 nitrogen and oxygen atoms in total. The Morgan fingerprint density at radius 3 is 1.92 bits per heavy atom. The summed E-state index contributed by atoms with van der Waals surface area (Å²) in [6, 6.07) is 13.6. The average Bonchev–Trinajstić information content (AvgIpc) is 3.54. The Morgan fingerprint density at radius 2 is 1.32 bits per heavy atom. The molecule has 0 bridgehead atoms. The number of hydrogen-bond donors (Lipinski definition) is 3. The van der Waals surface area contributed by atoms with Crippen LogP contribution >= 0.6 is 0 Å². The number of aryl methyl sites for hydroxylation is 2. The van der Waals surface area contributed by atoms with E-state index in [1.54, 1.807) is 7.11 Å². The maximum atomic E-state index is 13.3. The van der Waals surface area contributed by atoms with Crippen LogP contribution in [0.15, 0.2) is 54.9 Å². The van der Waals surface area contributed by atoms with Crippen molar-refractivity contribution < 1.29 is 24.5 Å². The van der Waals surface area contributed by atoms with Gasteiger partial charge in [0.05, 0.1) is 18.3 Å². The van der Waals surface area contributed by atoms with Gasteiger partial charge in [-0.2, -0.15) is 0 Å². The Kier molecular flexibility index (Phi) is 7.12. The van der Waals surface area contributed by atoms with Gasteiger partial charge >= 0.3 is 0 Å². The van der Waals surface area contributed by atoms with Crippen molar-refractivity contribution in [3.63, 3.8) is 0 Å². The fraction of sp³-hybridized carbons (Fsp3) is 0.310. The second-order valence-electron chi connectivity index (χ2n) is 9.27. The van der Waals surface area contributed by atoms with E-state index in [1.165, 1.54) is 0 Å². The second-order valence-corrected chi connectivity index (χ2v) is 9.27. The first kappa shape index (κ1) is 24.8. The highest BCUT2D eigenvalue weighted by Gasteiger charge is 2.35. The molecular weight excluding hydrogens is 470 g/mol. The Morgan fingerprint density at radius 1 is 0.757 bits per heavy atom. The maximum Gasteiger partial charge on any atom is 0.259 e. The van der Waals surface area contributed by atoms with Crippen molar-refractivity contribution in [2.75, 3.05) is 20.3 Å². The van der Waals surface area contributed by atoms with Crippen molar-refractivity contribution in [2.24, 2.45) is 0 Å². The van der Waals surface area contributed by atoms with Crippen molar-refractivity contribution in [1.29, 1.82) is 0 Å². The van der Waals surface area contributed by atoms with Crippen LogP contribution < -0.4 is 10.1 Å². The number of fused-ring (bicyclic) bond motifs is 2. The van der Waals surface area contributed by atoms with Crippen molar-refractivity contribution >= 4 is 44.8 Å². The van der Waals surface area contributed by atoms with Gasteiger partial charge in [0.1, 0.15) is 5.75 Å². The molecule has 0 fully saturated rings. The molecule has 3 heterocycles. The SMILES string of the molecule is COc1ccc2c(c1)c(C1=C(c3cn(CCCCO)c4ccccc34)C(=O)NC1=O)cn2CCCCO. The van der Waals surface area contributed by atoms with Gasteiger partial charge in [-0.05, 0) is 49.9 Å². The third-order valence-corrected chi connectivity index (χ3v) is 6.96. The zero-order chi connectivity index (χ0) is 25.9. The lowest BCUT2D eigenvalue weighted by Crippen LogP contribution is -2.22. The molecule has 1 aliphatic heterocycles. The van der Waals surface area contributed by atoms with Crippen LogP contribution in [0.1, 0.15) is 36.8 Å². The number of aliphatic hydroxyl groups is 2. The lowest BCUT2D eigenvalue weighted by atomic mass is 9.95. The van der Waals surface area contributed by atoms with Gasteiger partial charge < -0.3 is 24.1 Å². The zero-order valence-electron chi connectivity index (χ0n) is 20.9. The number of methoxy groups -OCH3 is 1. The highest BCUT2D eigenvalue weighted by atomic mass is 16.5. The number of carbonyl (C=O) groups is 2. The van der Waals surface area contributed by atoms with Crippen LogP contribution in [0.5, 0.6) is 5.75 Å². The van der Waals surface area contributed by atoms with E-state index >= 15 is 0 Å². The largest absolute Gasteiger partial charge is 0.497 e. The smallest absolute Gasteiger partial charge is 0.259 e. The third kappa shape index (κ3) is 4.54. The van der Waals surface area contributed by atoms with Crippen molar-refractivity contribution in [3.8, 4) is 5.75 Å². The number of imide groups is 1. The molecule has 3 N–H and O–H groups in total. The Hall–Kier alpha value is -3.88. The highest BCUT2D eigenvalue weighted by molar-refractivity contribution is 6.50. The van der Waals surface area contributed by atoms with E-state index in [2.05, 4.69) is 14.5 Å². The van der Waals surface area contributed by atoms with Crippen LogP contribution in [0, 0.1) is 0 Å². The van der Waals surface area contributed by atoms with Crippen LogP contribution in [0.4, 0.5) is 0 Å². The molecule has 5 rings (SSSR count). The lowest BCUT2D eigenvalue weighted by molar-refractivity contribution is -0.122. The molecule has 8 heteroatoms. The lowest BCUT2D eigenvalue weighted by Gasteiger charge is -2.05. The van der Waals surface area contributed by atoms with Gasteiger partial charge in [-0.3, -0.25) is 14.9 Å². The summed E-state index contributed by atoms with van der Waals surface area (Å²) in [5.41, 5.74) is 4.00. The fourth-order valence-corrected chi connectivity index (χ4v) is 5.18. The van der Waals surface area contributed by atoms with Gasteiger partial charge in [-0.1, -0.05) is 18.2 Å². The summed E-state index contributed by atoms with van der Waals surface area (Å²) in [5.74, 6) is -0.175. The van der Waals surface area contributed by atoms with E-state index in [0.29, 0.717) is 54.0 Å². The minimum Gasteiger partial charge on any atom is -0.497 e. The summed E-state index contributed by atoms with van der Waals surface area (Å²) in [6.45, 7) is 1.62. The topological polar surface area (TPSA) is 106 Å². The summed E-state index contributed by atoms with van der Waals surface area (Å²) in [7, 11) is 1.60. The molecule has 1 aliphatic rings. The molecule has 2 aromatic carbocycles. The summed E-state index contributed by atoms with van der Waals surface area (Å²) >= 11 is 0. The Balaban J connectivity index is 1.72. The quantitative estimate of drug-likeness (QED) is 0.215. The number of nitrogens with one attached hydrogen (secondary N) is 1. The molecule has 0 spiro atoms. The molecule has 2 amide bonds. The summed E-state index contributed by atoms with van der Waals surface area (Å²) in [4.78, 5) is 26.6. The molecule has 0 saturated heterocycles. The molecule has 0 saturated carbocycles. The van der Waals surface area contributed by atoms with Gasteiger partial charge in [-0.15, -0.1) is 0 Å². The number of unbranched alkanes of at least 4 members (excludes halogenated alkanes) is 2. The number of para-hydroxylation sites is 1. The van der Waals surface area contributed by atoms with E-state index < -0.39 is 11.8 Å². The first-order valence-corrected chi connectivity index (χ1v) is 12.6. The molecule has 37 heavy (non-hydrogen) atoms. The normalized spacial score (nSPS) is 13.8. The van der Waals surface area contributed by atoms with E-state index in [9.17, 15) is 19.8 Å². The van der Waals surface area contributed by atoms with E-state index in [1.807, 2.05) is 54.9 Å². The second kappa shape index (κ2) is 10.6. The van der Waals surface area contributed by atoms with Crippen LogP contribution in [-0.4, -0.2) is 51.5 Å². The van der Waals surface area contributed by atoms with Crippen molar-refractivity contribution in [1.82, 2.24) is 14.5 Å². The van der Waals surface area contributed by atoms with Crippen LogP contribution in [0.2, 0.25) is 0 Å². The average molecular weight is 502 g/mol. The molecule has 192 valence electrons.